The maximum atomic E-state index is 11.0. The number of thioether (sulfide) groups is 1. The van der Waals surface area contributed by atoms with Crippen LogP contribution in [0.2, 0.25) is 0 Å². The predicted octanol–water partition coefficient (Wildman–Crippen LogP) is 4.51. The second-order valence-corrected chi connectivity index (χ2v) is 5.68. The molecule has 0 fully saturated rings. The van der Waals surface area contributed by atoms with E-state index >= 15 is 0 Å². The third kappa shape index (κ3) is 6.86. The molecule has 21 heavy (non-hydrogen) atoms. The third-order valence-electron chi connectivity index (χ3n) is 2.90. The molecule has 0 spiro atoms. The van der Waals surface area contributed by atoms with Crippen molar-refractivity contribution in [1.82, 2.24) is 0 Å². The van der Waals surface area contributed by atoms with Crippen molar-refractivity contribution < 1.29 is 15.0 Å². The number of aliphatic hydroxyl groups is 1. The molecule has 0 radical (unpaired) electrons. The number of hydrogen-bond acceptors (Lipinski definition) is 3. The van der Waals surface area contributed by atoms with Gasteiger partial charge in [0.25, 0.3) is 0 Å². The Bertz CT molecular complexity index is 532. The SMILES string of the molecule is C=C(/C=C\C(O)=C/C)SCC(CC(=O)O)c1ccccc1. The highest BCUT2D eigenvalue weighted by atomic mass is 32.2. The summed E-state index contributed by atoms with van der Waals surface area (Å²) < 4.78 is 0. The number of aliphatic carboxylic acids is 1. The zero-order chi connectivity index (χ0) is 15.7. The van der Waals surface area contributed by atoms with E-state index in [2.05, 4.69) is 6.58 Å². The minimum atomic E-state index is -0.808. The third-order valence-corrected chi connectivity index (χ3v) is 3.97. The lowest BCUT2D eigenvalue weighted by atomic mass is 9.98. The Labute approximate surface area is 129 Å². The van der Waals surface area contributed by atoms with Crippen LogP contribution in [0, 0.1) is 0 Å². The average Bonchev–Trinajstić information content (AvgIpc) is 2.49. The molecule has 1 unspecified atom stereocenters. The standard InChI is InChI=1S/C17H20O3S/c1-3-16(18)10-9-13(2)21-12-15(11-17(19)20)14-7-5-4-6-8-14/h3-10,15,18H,2,11-12H2,1H3,(H,19,20)/b10-9-,16-3+. The van der Waals surface area contributed by atoms with Gasteiger partial charge in [0.2, 0.25) is 0 Å². The van der Waals surface area contributed by atoms with E-state index < -0.39 is 5.97 Å². The number of hydrogen-bond donors (Lipinski definition) is 2. The number of carboxylic acid groups (broad SMARTS) is 1. The molecule has 0 heterocycles. The summed E-state index contributed by atoms with van der Waals surface area (Å²) in [6, 6.07) is 9.62. The van der Waals surface area contributed by atoms with Crippen molar-refractivity contribution in [1.29, 1.82) is 0 Å². The molecule has 0 bridgehead atoms. The van der Waals surface area contributed by atoms with E-state index in [-0.39, 0.29) is 18.1 Å². The molecular formula is C17H20O3S. The minimum absolute atomic E-state index is 0.0610. The van der Waals surface area contributed by atoms with Crippen LogP contribution in [0.25, 0.3) is 0 Å². The number of carboxylic acids is 1. The molecule has 0 aromatic heterocycles. The summed E-state index contributed by atoms with van der Waals surface area (Å²) in [7, 11) is 0. The number of allylic oxidation sites excluding steroid dienone is 3. The van der Waals surface area contributed by atoms with Gasteiger partial charge < -0.3 is 10.2 Å². The molecule has 3 nitrogen and oxygen atoms in total. The maximum absolute atomic E-state index is 11.0. The Morgan fingerprint density at radius 2 is 1.95 bits per heavy atom. The van der Waals surface area contributed by atoms with Crippen molar-refractivity contribution in [3.63, 3.8) is 0 Å². The molecule has 1 aromatic rings. The van der Waals surface area contributed by atoms with Gasteiger partial charge in [-0.3, -0.25) is 4.79 Å². The van der Waals surface area contributed by atoms with E-state index in [1.54, 1.807) is 25.2 Å². The Balaban J connectivity index is 2.64. The van der Waals surface area contributed by atoms with Gasteiger partial charge in [-0.1, -0.05) is 36.9 Å². The maximum Gasteiger partial charge on any atom is 0.303 e. The zero-order valence-electron chi connectivity index (χ0n) is 12.0. The van der Waals surface area contributed by atoms with Crippen molar-refractivity contribution in [2.75, 3.05) is 5.75 Å². The van der Waals surface area contributed by atoms with Crippen LogP contribution in [0.4, 0.5) is 0 Å². The Hall–Kier alpha value is -1.94. The Kier molecular flexibility index (Phi) is 7.40. The Morgan fingerprint density at radius 1 is 1.29 bits per heavy atom. The van der Waals surface area contributed by atoms with Gasteiger partial charge >= 0.3 is 5.97 Å². The molecule has 0 saturated heterocycles. The van der Waals surface area contributed by atoms with Crippen LogP contribution in [0.5, 0.6) is 0 Å². The van der Waals surface area contributed by atoms with Gasteiger partial charge in [-0.25, -0.2) is 0 Å². The summed E-state index contributed by atoms with van der Waals surface area (Å²) in [4.78, 5) is 11.8. The van der Waals surface area contributed by atoms with E-state index in [4.69, 9.17) is 5.11 Å². The number of rotatable bonds is 8. The molecule has 1 aromatic carbocycles. The lowest BCUT2D eigenvalue weighted by Gasteiger charge is -2.15. The van der Waals surface area contributed by atoms with Crippen LogP contribution in [0.3, 0.4) is 0 Å². The van der Waals surface area contributed by atoms with Crippen molar-refractivity contribution >= 4 is 17.7 Å². The number of benzene rings is 1. The van der Waals surface area contributed by atoms with Crippen molar-refractivity contribution in [3.8, 4) is 0 Å². The van der Waals surface area contributed by atoms with Crippen LogP contribution >= 0.6 is 11.8 Å². The van der Waals surface area contributed by atoms with Gasteiger partial charge in [0.05, 0.1) is 6.42 Å². The van der Waals surface area contributed by atoms with E-state index in [9.17, 15) is 9.90 Å². The first-order valence-corrected chi connectivity index (χ1v) is 7.63. The second kappa shape index (κ2) is 9.08. The zero-order valence-corrected chi connectivity index (χ0v) is 12.8. The highest BCUT2D eigenvalue weighted by Crippen LogP contribution is 2.28. The van der Waals surface area contributed by atoms with E-state index in [0.717, 1.165) is 10.5 Å². The second-order valence-electron chi connectivity index (χ2n) is 4.53. The number of aliphatic hydroxyl groups excluding tert-OH is 1. The molecule has 0 aliphatic heterocycles. The summed E-state index contributed by atoms with van der Waals surface area (Å²) >= 11 is 1.49. The summed E-state index contributed by atoms with van der Waals surface area (Å²) in [5.41, 5.74) is 1.01. The smallest absolute Gasteiger partial charge is 0.303 e. The van der Waals surface area contributed by atoms with Crippen molar-refractivity contribution in [2.45, 2.75) is 19.3 Å². The highest BCUT2D eigenvalue weighted by molar-refractivity contribution is 8.03. The van der Waals surface area contributed by atoms with Gasteiger partial charge in [0, 0.05) is 16.6 Å². The minimum Gasteiger partial charge on any atom is -0.508 e. The van der Waals surface area contributed by atoms with E-state index in [1.807, 2.05) is 30.3 Å². The molecule has 0 aliphatic carbocycles. The molecule has 112 valence electrons. The first-order valence-electron chi connectivity index (χ1n) is 6.64. The molecule has 0 aliphatic rings. The van der Waals surface area contributed by atoms with Gasteiger partial charge in [-0.05, 0) is 30.7 Å². The highest BCUT2D eigenvalue weighted by Gasteiger charge is 2.15. The van der Waals surface area contributed by atoms with Gasteiger partial charge in [-0.15, -0.1) is 11.8 Å². The monoisotopic (exact) mass is 304 g/mol. The van der Waals surface area contributed by atoms with Crippen LogP contribution in [0.1, 0.15) is 24.8 Å². The lowest BCUT2D eigenvalue weighted by Crippen LogP contribution is -2.08. The Morgan fingerprint density at radius 3 is 2.52 bits per heavy atom. The van der Waals surface area contributed by atoms with Crippen LogP contribution in [-0.4, -0.2) is 21.9 Å². The van der Waals surface area contributed by atoms with Crippen molar-refractivity contribution in [3.05, 3.63) is 71.4 Å². The molecule has 4 heteroatoms. The average molecular weight is 304 g/mol. The van der Waals surface area contributed by atoms with Gasteiger partial charge in [-0.2, -0.15) is 0 Å². The van der Waals surface area contributed by atoms with Crippen LogP contribution in [0.15, 0.2) is 65.8 Å². The van der Waals surface area contributed by atoms with E-state index in [1.165, 1.54) is 11.8 Å². The largest absolute Gasteiger partial charge is 0.508 e. The summed E-state index contributed by atoms with van der Waals surface area (Å²) in [6.45, 7) is 5.64. The van der Waals surface area contributed by atoms with Gasteiger partial charge in [0.1, 0.15) is 5.76 Å². The predicted molar refractivity (Wildman–Crippen MR) is 88.6 cm³/mol. The van der Waals surface area contributed by atoms with E-state index in [0.29, 0.717) is 5.75 Å². The first-order chi connectivity index (χ1) is 10.0. The van der Waals surface area contributed by atoms with Gasteiger partial charge in [0.15, 0.2) is 0 Å². The molecule has 1 rings (SSSR count). The normalized spacial score (nSPS) is 13.3. The molecule has 2 N–H and O–H groups in total. The fourth-order valence-corrected chi connectivity index (χ4v) is 2.63. The van der Waals surface area contributed by atoms with Crippen LogP contribution in [-0.2, 0) is 4.79 Å². The fourth-order valence-electron chi connectivity index (χ4n) is 1.74. The quantitative estimate of drug-likeness (QED) is 0.548. The molecule has 0 saturated carbocycles. The topological polar surface area (TPSA) is 57.5 Å². The lowest BCUT2D eigenvalue weighted by molar-refractivity contribution is -0.137. The summed E-state index contributed by atoms with van der Waals surface area (Å²) in [5.74, 6) is -0.0518. The van der Waals surface area contributed by atoms with Crippen LogP contribution < -0.4 is 0 Å². The number of carbonyl (C=O) groups is 1. The summed E-state index contributed by atoms with van der Waals surface area (Å²) in [5, 5.41) is 18.4. The first kappa shape index (κ1) is 17.1. The molecule has 1 atom stereocenters. The van der Waals surface area contributed by atoms with Crippen molar-refractivity contribution in [2.24, 2.45) is 0 Å². The molecular weight excluding hydrogens is 284 g/mol. The fraction of sp³-hybridized carbons (Fsp3) is 0.235. The molecule has 0 amide bonds. The summed E-state index contributed by atoms with van der Waals surface area (Å²) in [6.07, 6.45) is 4.98.